The average Bonchev–Trinajstić information content (AvgIpc) is 2.73. The summed E-state index contributed by atoms with van der Waals surface area (Å²) in [6.07, 6.45) is 1.73. The minimum absolute atomic E-state index is 0.0418. The first-order valence-electron chi connectivity index (χ1n) is 7.23. The number of β-amino-alcohol motifs (C(OH)–C–C–N with tert-alkyl or cyclic N) is 1. The molecule has 0 atom stereocenters. The number of aryl methyl sites for hydroxylation is 1. The lowest BCUT2D eigenvalue weighted by Crippen LogP contribution is -2.61. The smallest absolute Gasteiger partial charge is 0.326 e. The molecule has 5 heteroatoms. The van der Waals surface area contributed by atoms with Crippen molar-refractivity contribution >= 4 is 11.0 Å². The van der Waals surface area contributed by atoms with Gasteiger partial charge in [0.25, 0.3) is 0 Å². The van der Waals surface area contributed by atoms with Crippen molar-refractivity contribution in [3.63, 3.8) is 0 Å². The maximum absolute atomic E-state index is 11.9. The first kappa shape index (κ1) is 13.4. The Bertz CT molecular complexity index is 652. The second-order valence-electron chi connectivity index (χ2n) is 5.74. The Balaban J connectivity index is 1.59. The fraction of sp³-hybridized carbons (Fsp3) is 0.533. The number of aromatic amines is 1. The van der Waals surface area contributed by atoms with E-state index in [1.165, 1.54) is 0 Å². The van der Waals surface area contributed by atoms with E-state index in [0.717, 1.165) is 43.5 Å². The molecule has 0 aliphatic carbocycles. The first-order valence-corrected chi connectivity index (χ1v) is 7.23. The molecule has 1 fully saturated rings. The lowest BCUT2D eigenvalue weighted by molar-refractivity contribution is -0.0996. The Morgan fingerprint density at radius 1 is 1.30 bits per heavy atom. The minimum atomic E-state index is -0.475. The van der Waals surface area contributed by atoms with Crippen LogP contribution in [-0.2, 0) is 6.54 Å². The summed E-state index contributed by atoms with van der Waals surface area (Å²) < 4.78 is 1.79. The molecule has 5 nitrogen and oxygen atoms in total. The molecule has 0 amide bonds. The van der Waals surface area contributed by atoms with Gasteiger partial charge in [-0.1, -0.05) is 19.1 Å². The van der Waals surface area contributed by atoms with Crippen LogP contribution in [0.2, 0.25) is 0 Å². The minimum Gasteiger partial charge on any atom is -0.387 e. The van der Waals surface area contributed by atoms with Crippen molar-refractivity contribution in [3.05, 3.63) is 34.7 Å². The Morgan fingerprint density at radius 3 is 2.80 bits per heavy atom. The van der Waals surface area contributed by atoms with Gasteiger partial charge in [0.1, 0.15) is 0 Å². The number of para-hydroxylation sites is 2. The lowest BCUT2D eigenvalue weighted by atomic mass is 9.91. The molecule has 2 aromatic rings. The van der Waals surface area contributed by atoms with Crippen molar-refractivity contribution in [1.82, 2.24) is 14.5 Å². The molecule has 108 valence electrons. The molecule has 1 aliphatic rings. The quantitative estimate of drug-likeness (QED) is 0.861. The predicted molar refractivity (Wildman–Crippen MR) is 78.9 cm³/mol. The van der Waals surface area contributed by atoms with Crippen molar-refractivity contribution in [2.24, 2.45) is 0 Å². The summed E-state index contributed by atoms with van der Waals surface area (Å²) in [5, 5.41) is 9.96. The maximum Gasteiger partial charge on any atom is 0.326 e. The number of benzene rings is 1. The van der Waals surface area contributed by atoms with Crippen molar-refractivity contribution in [2.45, 2.75) is 31.9 Å². The molecule has 2 N–H and O–H groups in total. The number of nitrogens with zero attached hydrogens (tertiary/aromatic N) is 2. The molecule has 0 spiro atoms. The van der Waals surface area contributed by atoms with Gasteiger partial charge in [0.05, 0.1) is 16.6 Å². The third-order valence-electron chi connectivity index (χ3n) is 4.23. The van der Waals surface area contributed by atoms with E-state index in [2.05, 4.69) is 9.88 Å². The second-order valence-corrected chi connectivity index (χ2v) is 5.74. The standard InChI is InChI=1S/C15H21N3O2/c1-2-15(20)10-17(11-15)8-5-9-18-13-7-4-3-6-12(13)16-14(18)19/h3-4,6-7,20H,2,5,8-11H2,1H3,(H,16,19). The molecular weight excluding hydrogens is 254 g/mol. The van der Waals surface area contributed by atoms with Crippen LogP contribution in [0.25, 0.3) is 11.0 Å². The maximum atomic E-state index is 11.9. The first-order chi connectivity index (χ1) is 9.61. The highest BCUT2D eigenvalue weighted by Crippen LogP contribution is 2.23. The molecule has 1 aromatic heterocycles. The molecule has 0 saturated carbocycles. The van der Waals surface area contributed by atoms with E-state index in [0.29, 0.717) is 6.54 Å². The summed E-state index contributed by atoms with van der Waals surface area (Å²) in [5.74, 6) is 0. The summed E-state index contributed by atoms with van der Waals surface area (Å²) in [4.78, 5) is 17.0. The van der Waals surface area contributed by atoms with Gasteiger partial charge in [-0.15, -0.1) is 0 Å². The van der Waals surface area contributed by atoms with E-state index in [-0.39, 0.29) is 5.69 Å². The van der Waals surface area contributed by atoms with Gasteiger partial charge in [-0.3, -0.25) is 9.47 Å². The fourth-order valence-corrected chi connectivity index (χ4v) is 2.95. The van der Waals surface area contributed by atoms with Gasteiger partial charge < -0.3 is 10.1 Å². The van der Waals surface area contributed by atoms with E-state index >= 15 is 0 Å². The molecule has 0 bridgehead atoms. The van der Waals surface area contributed by atoms with Crippen molar-refractivity contribution in [1.29, 1.82) is 0 Å². The van der Waals surface area contributed by atoms with Crippen LogP contribution in [0.15, 0.2) is 29.1 Å². The number of aromatic nitrogens is 2. The highest BCUT2D eigenvalue weighted by molar-refractivity contribution is 5.74. The van der Waals surface area contributed by atoms with Crippen LogP contribution in [0, 0.1) is 0 Å². The van der Waals surface area contributed by atoms with Crippen LogP contribution in [0.5, 0.6) is 0 Å². The van der Waals surface area contributed by atoms with Crippen LogP contribution in [0.3, 0.4) is 0 Å². The third kappa shape index (κ3) is 2.39. The molecule has 20 heavy (non-hydrogen) atoms. The zero-order valence-corrected chi connectivity index (χ0v) is 11.8. The topological polar surface area (TPSA) is 61.3 Å². The van der Waals surface area contributed by atoms with Gasteiger partial charge in [-0.05, 0) is 25.0 Å². The Hall–Kier alpha value is -1.59. The zero-order valence-electron chi connectivity index (χ0n) is 11.8. The van der Waals surface area contributed by atoms with E-state index in [9.17, 15) is 9.90 Å². The molecule has 1 aliphatic heterocycles. The predicted octanol–water partition coefficient (Wildman–Crippen LogP) is 1.18. The molecular formula is C15H21N3O2. The number of rotatable bonds is 5. The Morgan fingerprint density at radius 2 is 2.05 bits per heavy atom. The number of hydrogen-bond acceptors (Lipinski definition) is 3. The normalized spacial score (nSPS) is 18.3. The third-order valence-corrected chi connectivity index (χ3v) is 4.23. The largest absolute Gasteiger partial charge is 0.387 e. The van der Waals surface area contributed by atoms with E-state index < -0.39 is 5.60 Å². The number of hydrogen-bond donors (Lipinski definition) is 2. The van der Waals surface area contributed by atoms with Gasteiger partial charge in [0, 0.05) is 26.2 Å². The molecule has 1 aromatic carbocycles. The van der Waals surface area contributed by atoms with Crippen molar-refractivity contribution < 1.29 is 5.11 Å². The highest BCUT2D eigenvalue weighted by atomic mass is 16.3. The van der Waals surface area contributed by atoms with Gasteiger partial charge in [0.2, 0.25) is 0 Å². The fourth-order valence-electron chi connectivity index (χ4n) is 2.95. The summed E-state index contributed by atoms with van der Waals surface area (Å²) in [6.45, 7) is 5.17. The monoisotopic (exact) mass is 275 g/mol. The number of fused-ring (bicyclic) bond motifs is 1. The molecule has 1 saturated heterocycles. The van der Waals surface area contributed by atoms with Gasteiger partial charge in [0.15, 0.2) is 0 Å². The van der Waals surface area contributed by atoms with Crippen molar-refractivity contribution in [3.8, 4) is 0 Å². The number of likely N-dealkylation sites (tertiary alicyclic amines) is 1. The summed E-state index contributed by atoms with van der Waals surface area (Å²) in [5.41, 5.74) is 1.34. The van der Waals surface area contributed by atoms with Crippen LogP contribution >= 0.6 is 0 Å². The number of nitrogens with one attached hydrogen (secondary N) is 1. The van der Waals surface area contributed by atoms with Crippen LogP contribution in [0.4, 0.5) is 0 Å². The number of H-pyrrole nitrogens is 1. The Labute approximate surface area is 117 Å². The van der Waals surface area contributed by atoms with Crippen LogP contribution < -0.4 is 5.69 Å². The molecule has 2 heterocycles. The summed E-state index contributed by atoms with van der Waals surface area (Å²) >= 11 is 0. The number of aliphatic hydroxyl groups is 1. The van der Waals surface area contributed by atoms with E-state index in [1.54, 1.807) is 4.57 Å². The van der Waals surface area contributed by atoms with Gasteiger partial charge >= 0.3 is 5.69 Å². The summed E-state index contributed by atoms with van der Waals surface area (Å²) in [6, 6.07) is 7.76. The van der Waals surface area contributed by atoms with Crippen LogP contribution in [-0.4, -0.2) is 44.8 Å². The van der Waals surface area contributed by atoms with Crippen LogP contribution in [0.1, 0.15) is 19.8 Å². The second kappa shape index (κ2) is 5.07. The Kier molecular flexibility index (Phi) is 3.40. The van der Waals surface area contributed by atoms with E-state index in [4.69, 9.17) is 0 Å². The van der Waals surface area contributed by atoms with Gasteiger partial charge in [-0.25, -0.2) is 4.79 Å². The zero-order chi connectivity index (χ0) is 14.2. The number of imidazole rings is 1. The average molecular weight is 275 g/mol. The lowest BCUT2D eigenvalue weighted by Gasteiger charge is -2.46. The van der Waals surface area contributed by atoms with Gasteiger partial charge in [-0.2, -0.15) is 0 Å². The van der Waals surface area contributed by atoms with E-state index in [1.807, 2.05) is 31.2 Å². The van der Waals surface area contributed by atoms with Crippen molar-refractivity contribution in [2.75, 3.05) is 19.6 Å². The molecule has 3 rings (SSSR count). The SMILES string of the molecule is CCC1(O)CN(CCCn2c(=O)[nH]c3ccccc32)C1. The highest BCUT2D eigenvalue weighted by Gasteiger charge is 2.38. The summed E-state index contributed by atoms with van der Waals surface area (Å²) in [7, 11) is 0. The molecule has 0 radical (unpaired) electrons. The molecule has 0 unspecified atom stereocenters.